The number of fused-ring (bicyclic) bond motifs is 1. The molecule has 1 heterocycles. The topological polar surface area (TPSA) is 56.5 Å². The zero-order valence-electron chi connectivity index (χ0n) is 18.8. The third-order valence-corrected chi connectivity index (χ3v) is 5.49. The number of ether oxygens (including phenoxy) is 1. The third kappa shape index (κ3) is 4.64. The summed E-state index contributed by atoms with van der Waals surface area (Å²) in [5.74, 6) is 1.23. The van der Waals surface area contributed by atoms with Crippen LogP contribution in [0.15, 0.2) is 113 Å². The Bertz CT molecular complexity index is 1520. The first-order chi connectivity index (χ1) is 16.7. The third-order valence-electron chi connectivity index (χ3n) is 5.49. The summed E-state index contributed by atoms with van der Waals surface area (Å²) in [6.45, 7) is 2.54. The summed E-state index contributed by atoms with van der Waals surface area (Å²) in [6.07, 6.45) is 1.66. The molecule has 34 heavy (non-hydrogen) atoms. The van der Waals surface area contributed by atoms with Crippen LogP contribution in [0.2, 0.25) is 0 Å². The Labute approximate surface area is 197 Å². The standard InChI is InChI=1S/C29H23N3O2/c1-21-14-16-22(17-15-21)20-34-25-11-7-8-23(18-25)19-30-32-28(24-9-3-2-4-10-24)31-27-13-6-5-12-26(27)29(32)33/h2-19H,20H2,1H3. The maximum Gasteiger partial charge on any atom is 0.282 e. The van der Waals surface area contributed by atoms with Gasteiger partial charge in [-0.05, 0) is 42.3 Å². The van der Waals surface area contributed by atoms with Gasteiger partial charge in [0.15, 0.2) is 5.82 Å². The minimum Gasteiger partial charge on any atom is -0.489 e. The molecule has 1 aromatic heterocycles. The molecule has 5 heteroatoms. The average Bonchev–Trinajstić information content (AvgIpc) is 2.88. The van der Waals surface area contributed by atoms with Crippen LogP contribution in [-0.4, -0.2) is 15.9 Å². The zero-order valence-corrected chi connectivity index (χ0v) is 18.8. The molecule has 0 spiro atoms. The second kappa shape index (κ2) is 9.55. The Hall–Kier alpha value is -4.51. The Morgan fingerprint density at radius 3 is 2.47 bits per heavy atom. The van der Waals surface area contributed by atoms with Gasteiger partial charge >= 0.3 is 0 Å². The van der Waals surface area contributed by atoms with Crippen molar-refractivity contribution in [1.29, 1.82) is 0 Å². The Kier molecular flexibility index (Phi) is 5.99. The average molecular weight is 446 g/mol. The summed E-state index contributed by atoms with van der Waals surface area (Å²) in [7, 11) is 0. The number of hydrogen-bond donors (Lipinski definition) is 0. The highest BCUT2D eigenvalue weighted by molar-refractivity contribution is 5.82. The highest BCUT2D eigenvalue weighted by atomic mass is 16.5. The van der Waals surface area contributed by atoms with E-state index in [2.05, 4.69) is 36.3 Å². The summed E-state index contributed by atoms with van der Waals surface area (Å²) in [5, 5.41) is 5.06. The summed E-state index contributed by atoms with van der Waals surface area (Å²) >= 11 is 0. The number of nitrogens with zero attached hydrogens (tertiary/aromatic N) is 3. The van der Waals surface area contributed by atoms with E-state index in [4.69, 9.17) is 9.72 Å². The fourth-order valence-corrected chi connectivity index (χ4v) is 3.66. The number of benzene rings is 4. The molecule has 166 valence electrons. The predicted octanol–water partition coefficient (Wildman–Crippen LogP) is 5.83. The van der Waals surface area contributed by atoms with Crippen LogP contribution in [0.25, 0.3) is 22.3 Å². The van der Waals surface area contributed by atoms with Crippen LogP contribution in [-0.2, 0) is 6.61 Å². The molecule has 5 aromatic rings. The monoisotopic (exact) mass is 445 g/mol. The first-order valence-electron chi connectivity index (χ1n) is 11.1. The summed E-state index contributed by atoms with van der Waals surface area (Å²) < 4.78 is 7.32. The summed E-state index contributed by atoms with van der Waals surface area (Å²) in [5.41, 5.74) is 4.39. The summed E-state index contributed by atoms with van der Waals surface area (Å²) in [6, 6.07) is 32.8. The molecular weight excluding hydrogens is 422 g/mol. The van der Waals surface area contributed by atoms with Crippen LogP contribution >= 0.6 is 0 Å². The zero-order chi connectivity index (χ0) is 23.3. The molecule has 5 nitrogen and oxygen atoms in total. The SMILES string of the molecule is Cc1ccc(COc2cccc(C=Nn3c(-c4ccccc4)nc4ccccc4c3=O)c2)cc1. The van der Waals surface area contributed by atoms with Crippen molar-refractivity contribution in [3.05, 3.63) is 130 Å². The molecule has 4 aromatic carbocycles. The van der Waals surface area contributed by atoms with E-state index >= 15 is 0 Å². The minimum atomic E-state index is -0.215. The van der Waals surface area contributed by atoms with Gasteiger partial charge in [-0.25, -0.2) is 4.98 Å². The van der Waals surface area contributed by atoms with Crippen LogP contribution < -0.4 is 10.3 Å². The van der Waals surface area contributed by atoms with Gasteiger partial charge in [-0.3, -0.25) is 4.79 Å². The highest BCUT2D eigenvalue weighted by Gasteiger charge is 2.12. The second-order valence-electron chi connectivity index (χ2n) is 8.03. The van der Waals surface area contributed by atoms with E-state index in [-0.39, 0.29) is 5.56 Å². The Balaban J connectivity index is 1.47. The van der Waals surface area contributed by atoms with E-state index in [1.807, 2.05) is 72.8 Å². The quantitative estimate of drug-likeness (QED) is 0.309. The van der Waals surface area contributed by atoms with Gasteiger partial charge in [-0.2, -0.15) is 9.78 Å². The normalized spacial score (nSPS) is 11.2. The van der Waals surface area contributed by atoms with Crippen LogP contribution in [0.5, 0.6) is 5.75 Å². The van der Waals surface area contributed by atoms with E-state index in [1.54, 1.807) is 12.3 Å². The smallest absolute Gasteiger partial charge is 0.282 e. The van der Waals surface area contributed by atoms with Gasteiger partial charge in [0.2, 0.25) is 0 Å². The molecular formula is C29H23N3O2. The van der Waals surface area contributed by atoms with E-state index in [1.165, 1.54) is 10.2 Å². The number of aromatic nitrogens is 2. The molecule has 0 amide bonds. The van der Waals surface area contributed by atoms with E-state index < -0.39 is 0 Å². The molecule has 0 N–H and O–H groups in total. The Morgan fingerprint density at radius 2 is 1.65 bits per heavy atom. The molecule has 0 unspecified atom stereocenters. The van der Waals surface area contributed by atoms with E-state index in [9.17, 15) is 4.79 Å². The largest absolute Gasteiger partial charge is 0.489 e. The van der Waals surface area contributed by atoms with Gasteiger partial charge in [-0.1, -0.05) is 84.4 Å². The maximum absolute atomic E-state index is 13.3. The molecule has 0 bridgehead atoms. The van der Waals surface area contributed by atoms with Crippen LogP contribution in [0.4, 0.5) is 0 Å². The van der Waals surface area contributed by atoms with E-state index in [0.717, 1.165) is 22.4 Å². The lowest BCUT2D eigenvalue weighted by Crippen LogP contribution is -2.20. The van der Waals surface area contributed by atoms with Crippen LogP contribution in [0, 0.1) is 6.92 Å². The van der Waals surface area contributed by atoms with Gasteiger partial charge in [0.25, 0.3) is 5.56 Å². The minimum absolute atomic E-state index is 0.215. The lowest BCUT2D eigenvalue weighted by Gasteiger charge is -2.10. The fraction of sp³-hybridized carbons (Fsp3) is 0.0690. The van der Waals surface area contributed by atoms with Crippen molar-refractivity contribution in [3.63, 3.8) is 0 Å². The van der Waals surface area contributed by atoms with Crippen molar-refractivity contribution in [1.82, 2.24) is 9.66 Å². The molecule has 0 aliphatic heterocycles. The van der Waals surface area contributed by atoms with Gasteiger partial charge in [0.05, 0.1) is 17.1 Å². The van der Waals surface area contributed by atoms with Crippen molar-refractivity contribution in [3.8, 4) is 17.1 Å². The molecule has 0 aliphatic carbocycles. The molecule has 5 rings (SSSR count). The molecule has 0 fully saturated rings. The first kappa shape index (κ1) is 21.3. The van der Waals surface area contributed by atoms with Gasteiger partial charge in [0, 0.05) is 5.56 Å². The van der Waals surface area contributed by atoms with Gasteiger partial charge in [-0.15, -0.1) is 0 Å². The van der Waals surface area contributed by atoms with Crippen molar-refractivity contribution in [2.24, 2.45) is 5.10 Å². The number of para-hydroxylation sites is 1. The van der Waals surface area contributed by atoms with Crippen LogP contribution in [0.3, 0.4) is 0 Å². The highest BCUT2D eigenvalue weighted by Crippen LogP contribution is 2.19. The summed E-state index contributed by atoms with van der Waals surface area (Å²) in [4.78, 5) is 18.0. The van der Waals surface area contributed by atoms with Crippen LogP contribution in [0.1, 0.15) is 16.7 Å². The molecule has 0 radical (unpaired) electrons. The van der Waals surface area contributed by atoms with Crippen molar-refractivity contribution in [2.45, 2.75) is 13.5 Å². The van der Waals surface area contributed by atoms with Gasteiger partial charge < -0.3 is 4.74 Å². The fourth-order valence-electron chi connectivity index (χ4n) is 3.66. The number of hydrogen-bond acceptors (Lipinski definition) is 4. The van der Waals surface area contributed by atoms with Crippen molar-refractivity contribution < 1.29 is 4.74 Å². The Morgan fingerprint density at radius 1 is 0.882 bits per heavy atom. The molecule has 0 saturated carbocycles. The van der Waals surface area contributed by atoms with E-state index in [0.29, 0.717) is 23.3 Å². The lowest BCUT2D eigenvalue weighted by molar-refractivity contribution is 0.306. The maximum atomic E-state index is 13.3. The molecule has 0 saturated heterocycles. The number of rotatable bonds is 6. The van der Waals surface area contributed by atoms with Crippen molar-refractivity contribution in [2.75, 3.05) is 0 Å². The van der Waals surface area contributed by atoms with Crippen molar-refractivity contribution >= 4 is 17.1 Å². The second-order valence-corrected chi connectivity index (χ2v) is 8.03. The predicted molar refractivity (Wildman–Crippen MR) is 136 cm³/mol. The lowest BCUT2D eigenvalue weighted by atomic mass is 10.2. The van der Waals surface area contributed by atoms with Gasteiger partial charge in [0.1, 0.15) is 12.4 Å². The molecule has 0 aliphatic rings. The molecule has 0 atom stereocenters. The number of aryl methyl sites for hydroxylation is 1. The first-order valence-corrected chi connectivity index (χ1v) is 11.1.